The van der Waals surface area contributed by atoms with Crippen molar-refractivity contribution in [2.75, 3.05) is 0 Å². The van der Waals surface area contributed by atoms with Crippen LogP contribution in [0.2, 0.25) is 0 Å². The molecule has 28 heavy (non-hydrogen) atoms. The first kappa shape index (κ1) is 18.0. The fraction of sp³-hybridized carbons (Fsp3) is 0.208. The Morgan fingerprint density at radius 2 is 1.39 bits per heavy atom. The second kappa shape index (κ2) is 8.12. The van der Waals surface area contributed by atoms with Gasteiger partial charge in [-0.1, -0.05) is 72.8 Å². The van der Waals surface area contributed by atoms with Crippen LogP contribution in [0.5, 0.6) is 11.5 Å². The molecule has 1 saturated carbocycles. The molecule has 0 aliphatic heterocycles. The number of benzene rings is 3. The predicted octanol–water partition coefficient (Wildman–Crippen LogP) is 5.17. The first-order valence-electron chi connectivity index (χ1n) is 9.37. The molecule has 0 aromatic heterocycles. The van der Waals surface area contributed by atoms with Crippen molar-refractivity contribution >= 4 is 6.08 Å². The Hall–Kier alpha value is -3.36. The van der Waals surface area contributed by atoms with Gasteiger partial charge in [0, 0.05) is 5.56 Å². The van der Waals surface area contributed by atoms with Gasteiger partial charge in [-0.3, -0.25) is 0 Å². The highest BCUT2D eigenvalue weighted by Gasteiger charge is 2.47. The van der Waals surface area contributed by atoms with E-state index in [0.717, 1.165) is 29.5 Å². The second-order valence-corrected chi connectivity index (χ2v) is 6.92. The maximum Gasteiger partial charge on any atom is 0.235 e. The lowest BCUT2D eigenvalue weighted by molar-refractivity contribution is 0.252. The van der Waals surface area contributed by atoms with Gasteiger partial charge in [0.2, 0.25) is 6.08 Å². The number of isocyanates is 1. The van der Waals surface area contributed by atoms with E-state index < -0.39 is 5.54 Å². The summed E-state index contributed by atoms with van der Waals surface area (Å²) in [5.74, 6) is 1.31. The lowest BCUT2D eigenvalue weighted by Crippen LogP contribution is -2.09. The van der Waals surface area contributed by atoms with Crippen LogP contribution >= 0.6 is 0 Å². The van der Waals surface area contributed by atoms with Crippen molar-refractivity contribution in [2.24, 2.45) is 4.99 Å². The smallest absolute Gasteiger partial charge is 0.235 e. The van der Waals surface area contributed by atoms with E-state index in [1.165, 1.54) is 0 Å². The van der Waals surface area contributed by atoms with Crippen LogP contribution in [0.15, 0.2) is 83.9 Å². The number of para-hydroxylation sites is 1. The number of hydrogen-bond donors (Lipinski definition) is 0. The molecule has 3 aromatic rings. The molecule has 0 saturated heterocycles. The highest BCUT2D eigenvalue weighted by molar-refractivity contribution is 5.54. The van der Waals surface area contributed by atoms with Gasteiger partial charge in [-0.25, -0.2) is 4.79 Å². The number of rotatable bonds is 8. The summed E-state index contributed by atoms with van der Waals surface area (Å²) in [5.41, 5.74) is 2.50. The number of nitrogens with zero attached hydrogens (tertiary/aromatic N) is 1. The van der Waals surface area contributed by atoms with E-state index in [1.54, 1.807) is 6.08 Å². The fourth-order valence-corrected chi connectivity index (χ4v) is 3.26. The summed E-state index contributed by atoms with van der Waals surface area (Å²) in [4.78, 5) is 15.0. The Balaban J connectivity index is 1.63. The summed E-state index contributed by atoms with van der Waals surface area (Å²) in [7, 11) is 0. The molecule has 0 heterocycles. The Bertz CT molecular complexity index is 975. The van der Waals surface area contributed by atoms with Crippen LogP contribution in [0.3, 0.4) is 0 Å². The van der Waals surface area contributed by atoms with Gasteiger partial charge in [-0.2, -0.15) is 4.99 Å². The number of hydrogen-bond acceptors (Lipinski definition) is 4. The third-order valence-electron chi connectivity index (χ3n) is 4.93. The van der Waals surface area contributed by atoms with Crippen LogP contribution in [-0.4, -0.2) is 6.08 Å². The maximum atomic E-state index is 11.0. The van der Waals surface area contributed by atoms with Crippen molar-refractivity contribution in [1.29, 1.82) is 0 Å². The fourth-order valence-electron chi connectivity index (χ4n) is 3.26. The highest BCUT2D eigenvalue weighted by atomic mass is 16.5. The molecule has 0 spiro atoms. The predicted molar refractivity (Wildman–Crippen MR) is 107 cm³/mol. The zero-order chi connectivity index (χ0) is 19.2. The quantitative estimate of drug-likeness (QED) is 0.405. The van der Waals surface area contributed by atoms with E-state index in [2.05, 4.69) is 4.99 Å². The van der Waals surface area contributed by atoms with Crippen LogP contribution in [0.4, 0.5) is 0 Å². The molecule has 1 aliphatic rings. The third-order valence-corrected chi connectivity index (χ3v) is 4.93. The third kappa shape index (κ3) is 3.98. The van der Waals surface area contributed by atoms with Gasteiger partial charge in [-0.15, -0.1) is 0 Å². The minimum atomic E-state index is -0.528. The van der Waals surface area contributed by atoms with Crippen molar-refractivity contribution in [2.45, 2.75) is 31.6 Å². The summed E-state index contributed by atoms with van der Waals surface area (Å²) in [5, 5.41) is 0. The Morgan fingerprint density at radius 1 is 0.786 bits per heavy atom. The molecule has 4 nitrogen and oxygen atoms in total. The lowest BCUT2D eigenvalue weighted by Gasteiger charge is -2.19. The summed E-state index contributed by atoms with van der Waals surface area (Å²) in [6.45, 7) is 0.858. The van der Waals surface area contributed by atoms with Gasteiger partial charge in [0.25, 0.3) is 0 Å². The molecule has 0 radical (unpaired) electrons. The van der Waals surface area contributed by atoms with Crippen LogP contribution < -0.4 is 9.47 Å². The average molecular weight is 371 g/mol. The number of aliphatic imine (C=N–C) groups is 1. The second-order valence-electron chi connectivity index (χ2n) is 6.92. The zero-order valence-electron chi connectivity index (χ0n) is 15.5. The first-order valence-corrected chi connectivity index (χ1v) is 9.37. The van der Waals surface area contributed by atoms with Gasteiger partial charge < -0.3 is 9.47 Å². The monoisotopic (exact) mass is 371 g/mol. The summed E-state index contributed by atoms with van der Waals surface area (Å²) >= 11 is 0. The minimum absolute atomic E-state index is 0.417. The Morgan fingerprint density at radius 3 is 1.96 bits per heavy atom. The van der Waals surface area contributed by atoms with Crippen LogP contribution in [-0.2, 0) is 23.5 Å². The molecular formula is C24H21NO3. The highest BCUT2D eigenvalue weighted by Crippen LogP contribution is 2.54. The van der Waals surface area contributed by atoms with Gasteiger partial charge >= 0.3 is 0 Å². The Kier molecular flexibility index (Phi) is 5.22. The summed E-state index contributed by atoms with van der Waals surface area (Å²) in [6.07, 6.45) is 3.35. The molecule has 1 aliphatic carbocycles. The zero-order valence-corrected chi connectivity index (χ0v) is 15.5. The molecule has 0 N–H and O–H groups in total. The van der Waals surface area contributed by atoms with E-state index >= 15 is 0 Å². The minimum Gasteiger partial charge on any atom is -0.485 e. The average Bonchev–Trinajstić information content (AvgIpc) is 3.53. The summed E-state index contributed by atoms with van der Waals surface area (Å²) < 4.78 is 12.3. The van der Waals surface area contributed by atoms with Gasteiger partial charge in [0.1, 0.15) is 18.8 Å². The van der Waals surface area contributed by atoms with Gasteiger partial charge in [0.05, 0.1) is 0 Å². The van der Waals surface area contributed by atoms with E-state index in [-0.39, 0.29) is 0 Å². The van der Waals surface area contributed by atoms with Gasteiger partial charge in [0.15, 0.2) is 11.5 Å². The first-order chi connectivity index (χ1) is 13.8. The van der Waals surface area contributed by atoms with Crippen molar-refractivity contribution < 1.29 is 14.3 Å². The van der Waals surface area contributed by atoms with E-state index in [9.17, 15) is 4.79 Å². The van der Waals surface area contributed by atoms with Crippen LogP contribution in [0, 0.1) is 0 Å². The molecule has 0 amide bonds. The largest absolute Gasteiger partial charge is 0.485 e. The van der Waals surface area contributed by atoms with Crippen molar-refractivity contribution in [3.05, 3.63) is 95.6 Å². The summed E-state index contributed by atoms with van der Waals surface area (Å²) in [6, 6.07) is 25.7. The van der Waals surface area contributed by atoms with Crippen molar-refractivity contribution in [3.63, 3.8) is 0 Å². The molecule has 0 unspecified atom stereocenters. The standard InChI is InChI=1S/C24H21NO3/c26-18-25-24(14-15-24)21-12-7-13-22(27-16-19-8-3-1-4-9-19)23(21)28-17-20-10-5-2-6-11-20/h1-13H,14-17H2. The molecule has 4 heteroatoms. The maximum absolute atomic E-state index is 11.0. The van der Waals surface area contributed by atoms with E-state index in [4.69, 9.17) is 9.47 Å². The topological polar surface area (TPSA) is 47.9 Å². The van der Waals surface area contributed by atoms with E-state index in [1.807, 2.05) is 78.9 Å². The number of ether oxygens (including phenoxy) is 2. The molecule has 140 valence electrons. The van der Waals surface area contributed by atoms with Gasteiger partial charge in [-0.05, 0) is 30.0 Å². The number of carbonyl (C=O) groups excluding carboxylic acids is 1. The molecule has 1 fully saturated rings. The molecule has 0 atom stereocenters. The molecule has 3 aromatic carbocycles. The Labute approximate surface area is 164 Å². The molecular weight excluding hydrogens is 350 g/mol. The normalized spacial score (nSPS) is 14.0. The van der Waals surface area contributed by atoms with Crippen molar-refractivity contribution in [1.82, 2.24) is 0 Å². The SMILES string of the molecule is O=C=NC1(c2cccc(OCc3ccccc3)c2OCc2ccccc2)CC1. The van der Waals surface area contributed by atoms with Crippen LogP contribution in [0.25, 0.3) is 0 Å². The molecule has 4 rings (SSSR count). The van der Waals surface area contributed by atoms with E-state index in [0.29, 0.717) is 24.7 Å². The van der Waals surface area contributed by atoms with Crippen LogP contribution in [0.1, 0.15) is 29.5 Å². The lowest BCUT2D eigenvalue weighted by atomic mass is 10.0. The van der Waals surface area contributed by atoms with Crippen molar-refractivity contribution in [3.8, 4) is 11.5 Å². The molecule has 0 bridgehead atoms.